The average Bonchev–Trinajstić information content (AvgIpc) is 2.99. The normalized spacial score (nSPS) is 26.4. The molecule has 5 heteroatoms. The first kappa shape index (κ1) is 15.6. The molecular formula is C17H28N4O. The number of piperidine rings is 1. The lowest BCUT2D eigenvalue weighted by molar-refractivity contribution is 0.369. The standard InChI is InChI=1S/C17H28N4O/c1-13-14(12-19-20-13)11-18-15-7-9-21(10-8-15)16-3-5-17(22-2)6-4-16/h3-6,13-15,18-20H,7-12H2,1-2H3. The SMILES string of the molecule is COc1ccc(N2CCC(NCC3CNNC3C)CC2)cc1. The minimum Gasteiger partial charge on any atom is -0.497 e. The molecule has 0 amide bonds. The Morgan fingerprint density at radius 1 is 1.23 bits per heavy atom. The van der Waals surface area contributed by atoms with Crippen molar-refractivity contribution in [2.75, 3.05) is 38.2 Å². The van der Waals surface area contributed by atoms with E-state index in [9.17, 15) is 0 Å². The molecule has 2 saturated heterocycles. The van der Waals surface area contributed by atoms with Crippen molar-refractivity contribution in [3.8, 4) is 5.75 Å². The van der Waals surface area contributed by atoms with Crippen LogP contribution in [0.15, 0.2) is 24.3 Å². The van der Waals surface area contributed by atoms with E-state index in [4.69, 9.17) is 4.74 Å². The van der Waals surface area contributed by atoms with Crippen molar-refractivity contribution in [2.45, 2.75) is 31.8 Å². The molecule has 0 radical (unpaired) electrons. The van der Waals surface area contributed by atoms with Gasteiger partial charge in [-0.2, -0.15) is 0 Å². The van der Waals surface area contributed by atoms with Gasteiger partial charge in [0.05, 0.1) is 7.11 Å². The summed E-state index contributed by atoms with van der Waals surface area (Å²) < 4.78 is 5.22. The Balaban J connectivity index is 1.43. The highest BCUT2D eigenvalue weighted by Gasteiger charge is 2.25. The van der Waals surface area contributed by atoms with Gasteiger partial charge in [-0.25, -0.2) is 0 Å². The van der Waals surface area contributed by atoms with E-state index in [-0.39, 0.29) is 0 Å². The van der Waals surface area contributed by atoms with Crippen LogP contribution < -0.4 is 25.8 Å². The molecule has 2 fully saturated rings. The first-order chi connectivity index (χ1) is 10.8. The number of methoxy groups -OCH3 is 1. The third-order valence-corrected chi connectivity index (χ3v) is 5.00. The summed E-state index contributed by atoms with van der Waals surface area (Å²) in [4.78, 5) is 2.47. The van der Waals surface area contributed by atoms with E-state index in [1.54, 1.807) is 7.11 Å². The summed E-state index contributed by atoms with van der Waals surface area (Å²) in [6, 6.07) is 9.62. The number of hydrazine groups is 1. The quantitative estimate of drug-likeness (QED) is 0.767. The van der Waals surface area contributed by atoms with Crippen molar-refractivity contribution in [3.63, 3.8) is 0 Å². The zero-order valence-electron chi connectivity index (χ0n) is 13.6. The molecular weight excluding hydrogens is 276 g/mol. The molecule has 3 rings (SSSR count). The lowest BCUT2D eigenvalue weighted by Crippen LogP contribution is -2.45. The summed E-state index contributed by atoms with van der Waals surface area (Å²) in [6.45, 7) is 6.67. The second-order valence-corrected chi connectivity index (χ2v) is 6.44. The van der Waals surface area contributed by atoms with Crippen molar-refractivity contribution in [1.29, 1.82) is 0 Å². The van der Waals surface area contributed by atoms with Gasteiger partial charge in [-0.3, -0.25) is 10.9 Å². The van der Waals surface area contributed by atoms with Gasteiger partial charge in [-0.05, 0) is 44.0 Å². The number of nitrogens with zero attached hydrogens (tertiary/aromatic N) is 1. The molecule has 0 saturated carbocycles. The predicted molar refractivity (Wildman–Crippen MR) is 90.3 cm³/mol. The van der Waals surface area contributed by atoms with Gasteiger partial charge in [0.25, 0.3) is 0 Å². The van der Waals surface area contributed by atoms with Gasteiger partial charge >= 0.3 is 0 Å². The Morgan fingerprint density at radius 2 is 1.95 bits per heavy atom. The number of hydrogen-bond acceptors (Lipinski definition) is 5. The molecule has 22 heavy (non-hydrogen) atoms. The van der Waals surface area contributed by atoms with Crippen LogP contribution in [-0.4, -0.2) is 45.4 Å². The van der Waals surface area contributed by atoms with Gasteiger partial charge < -0.3 is 15.0 Å². The van der Waals surface area contributed by atoms with Crippen LogP contribution in [0.4, 0.5) is 5.69 Å². The largest absolute Gasteiger partial charge is 0.497 e. The average molecular weight is 304 g/mol. The molecule has 0 aromatic heterocycles. The van der Waals surface area contributed by atoms with Gasteiger partial charge in [-0.15, -0.1) is 0 Å². The van der Waals surface area contributed by atoms with Crippen molar-refractivity contribution in [3.05, 3.63) is 24.3 Å². The molecule has 2 aliphatic rings. The minimum atomic E-state index is 0.562. The van der Waals surface area contributed by atoms with Gasteiger partial charge in [0.15, 0.2) is 0 Å². The summed E-state index contributed by atoms with van der Waals surface area (Å²) >= 11 is 0. The molecule has 1 aromatic rings. The Bertz CT molecular complexity index is 456. The zero-order chi connectivity index (χ0) is 15.4. The van der Waals surface area contributed by atoms with Gasteiger partial charge in [0, 0.05) is 49.9 Å². The summed E-state index contributed by atoms with van der Waals surface area (Å²) in [7, 11) is 1.71. The topological polar surface area (TPSA) is 48.6 Å². The van der Waals surface area contributed by atoms with Gasteiger partial charge in [0.1, 0.15) is 5.75 Å². The molecule has 0 spiro atoms. The minimum absolute atomic E-state index is 0.562. The molecule has 0 bridgehead atoms. The van der Waals surface area contributed by atoms with E-state index < -0.39 is 0 Å². The maximum absolute atomic E-state index is 5.22. The van der Waals surface area contributed by atoms with Crippen LogP contribution >= 0.6 is 0 Å². The number of benzene rings is 1. The molecule has 2 heterocycles. The predicted octanol–water partition coefficient (Wildman–Crippen LogP) is 1.37. The van der Waals surface area contributed by atoms with Gasteiger partial charge in [-0.1, -0.05) is 0 Å². The lowest BCUT2D eigenvalue weighted by Gasteiger charge is -2.34. The monoisotopic (exact) mass is 304 g/mol. The maximum atomic E-state index is 5.22. The smallest absolute Gasteiger partial charge is 0.119 e. The second-order valence-electron chi connectivity index (χ2n) is 6.44. The number of ether oxygens (including phenoxy) is 1. The highest BCUT2D eigenvalue weighted by Crippen LogP contribution is 2.23. The van der Waals surface area contributed by atoms with E-state index in [1.165, 1.54) is 18.5 Å². The summed E-state index contributed by atoms with van der Waals surface area (Å²) in [6.07, 6.45) is 2.43. The summed E-state index contributed by atoms with van der Waals surface area (Å²) in [5.74, 6) is 1.62. The van der Waals surface area contributed by atoms with Crippen molar-refractivity contribution < 1.29 is 4.74 Å². The van der Waals surface area contributed by atoms with E-state index >= 15 is 0 Å². The first-order valence-corrected chi connectivity index (χ1v) is 8.37. The Labute approximate surface area is 133 Å². The zero-order valence-corrected chi connectivity index (χ0v) is 13.6. The Hall–Kier alpha value is -1.30. The molecule has 2 aliphatic heterocycles. The molecule has 122 valence electrons. The van der Waals surface area contributed by atoms with Crippen molar-refractivity contribution >= 4 is 5.69 Å². The Kier molecular flexibility index (Phi) is 5.18. The van der Waals surface area contributed by atoms with Crippen LogP contribution in [0.25, 0.3) is 0 Å². The van der Waals surface area contributed by atoms with Crippen LogP contribution in [-0.2, 0) is 0 Å². The molecule has 2 unspecified atom stereocenters. The van der Waals surface area contributed by atoms with E-state index in [0.717, 1.165) is 31.9 Å². The number of rotatable bonds is 5. The number of anilines is 1. The number of nitrogens with one attached hydrogen (secondary N) is 3. The fraction of sp³-hybridized carbons (Fsp3) is 0.647. The Morgan fingerprint density at radius 3 is 2.55 bits per heavy atom. The van der Waals surface area contributed by atoms with E-state index in [2.05, 4.69) is 40.1 Å². The van der Waals surface area contributed by atoms with Crippen LogP contribution in [0.5, 0.6) is 5.75 Å². The summed E-state index contributed by atoms with van der Waals surface area (Å²) in [5.41, 5.74) is 7.83. The molecule has 2 atom stereocenters. The molecule has 0 aliphatic carbocycles. The highest BCUT2D eigenvalue weighted by molar-refractivity contribution is 5.49. The highest BCUT2D eigenvalue weighted by atomic mass is 16.5. The fourth-order valence-corrected chi connectivity index (χ4v) is 3.35. The fourth-order valence-electron chi connectivity index (χ4n) is 3.35. The number of hydrogen-bond donors (Lipinski definition) is 3. The third-order valence-electron chi connectivity index (χ3n) is 5.00. The third kappa shape index (κ3) is 3.72. The van der Waals surface area contributed by atoms with E-state index in [0.29, 0.717) is 18.0 Å². The summed E-state index contributed by atoms with van der Waals surface area (Å²) in [5, 5.41) is 3.76. The first-order valence-electron chi connectivity index (χ1n) is 8.37. The maximum Gasteiger partial charge on any atom is 0.119 e. The van der Waals surface area contributed by atoms with E-state index in [1.807, 2.05) is 12.1 Å². The van der Waals surface area contributed by atoms with Crippen molar-refractivity contribution in [2.24, 2.45) is 5.92 Å². The van der Waals surface area contributed by atoms with Crippen LogP contribution in [0.2, 0.25) is 0 Å². The molecule has 3 N–H and O–H groups in total. The van der Waals surface area contributed by atoms with Crippen molar-refractivity contribution in [1.82, 2.24) is 16.2 Å². The van der Waals surface area contributed by atoms with Crippen LogP contribution in [0.1, 0.15) is 19.8 Å². The molecule has 1 aromatic carbocycles. The second kappa shape index (κ2) is 7.31. The molecule has 5 nitrogen and oxygen atoms in total. The van der Waals surface area contributed by atoms with Crippen LogP contribution in [0.3, 0.4) is 0 Å². The van der Waals surface area contributed by atoms with Gasteiger partial charge in [0.2, 0.25) is 0 Å². The van der Waals surface area contributed by atoms with Crippen LogP contribution in [0, 0.1) is 5.92 Å². The lowest BCUT2D eigenvalue weighted by atomic mass is 10.0.